The molecule has 3 rings (SSSR count). The molecule has 8 nitrogen and oxygen atoms in total. The molecule has 0 radical (unpaired) electrons. The molecular weight excluding hydrogens is 512 g/mol. The lowest BCUT2D eigenvalue weighted by Crippen LogP contribution is -2.12. The molecule has 0 saturated carbocycles. The summed E-state index contributed by atoms with van der Waals surface area (Å²) in [4.78, 5) is 25.7. The second-order valence-electron chi connectivity index (χ2n) is 8.89. The molecule has 40 heavy (non-hydrogen) atoms. The Morgan fingerprint density at radius 1 is 0.625 bits per heavy atom. The van der Waals surface area contributed by atoms with Crippen molar-refractivity contribution in [3.8, 4) is 23.0 Å². The van der Waals surface area contributed by atoms with E-state index in [1.807, 2.05) is 13.8 Å². The van der Waals surface area contributed by atoms with Crippen molar-refractivity contribution in [2.75, 3.05) is 26.8 Å². The average Bonchev–Trinajstić information content (AvgIpc) is 2.94. The van der Waals surface area contributed by atoms with Gasteiger partial charge in [-0.1, -0.05) is 12.2 Å². The highest BCUT2D eigenvalue weighted by Crippen LogP contribution is 2.31. The highest BCUT2D eigenvalue weighted by molar-refractivity contribution is 5.92. The molecule has 0 aliphatic heterocycles. The Morgan fingerprint density at radius 3 is 1.35 bits per heavy atom. The largest absolute Gasteiger partial charge is 0.467 e. The van der Waals surface area contributed by atoms with Crippen LogP contribution in [0.1, 0.15) is 43.0 Å². The van der Waals surface area contributed by atoms with Gasteiger partial charge in [-0.2, -0.15) is 0 Å². The fourth-order valence-corrected chi connectivity index (χ4v) is 3.66. The van der Waals surface area contributed by atoms with Crippen molar-refractivity contribution in [2.45, 2.75) is 27.7 Å². The summed E-state index contributed by atoms with van der Waals surface area (Å²) >= 11 is 0. The second-order valence-corrected chi connectivity index (χ2v) is 8.89. The summed E-state index contributed by atoms with van der Waals surface area (Å²) in [6.45, 7) is 15.4. The lowest BCUT2D eigenvalue weighted by atomic mass is 10.1. The zero-order valence-electron chi connectivity index (χ0n) is 23.3. The summed E-state index contributed by atoms with van der Waals surface area (Å²) in [7, 11) is 0. The van der Waals surface area contributed by atoms with Crippen LogP contribution in [0.15, 0.2) is 73.8 Å². The minimum atomic E-state index is -0.516. The second kappa shape index (κ2) is 14.7. The molecule has 0 aromatic heterocycles. The van der Waals surface area contributed by atoms with Crippen LogP contribution in [0, 0.1) is 27.7 Å². The Morgan fingerprint density at radius 2 is 1.00 bits per heavy atom. The fraction of sp³-hybridized carbons (Fsp3) is 0.250. The smallest absolute Gasteiger partial charge is 0.343 e. The summed E-state index contributed by atoms with van der Waals surface area (Å²) in [5.74, 6) is 0.917. The Labute approximate surface area is 234 Å². The number of benzene rings is 3. The SMILES string of the molecule is C=CCOCOc1ccc(C(=O)Oc2ccc(OC(=O)c3ccc(OCOCC=C)c(C)c3)c(C)c2C)cc1C. The van der Waals surface area contributed by atoms with Crippen molar-refractivity contribution in [1.29, 1.82) is 0 Å². The van der Waals surface area contributed by atoms with Gasteiger partial charge >= 0.3 is 11.9 Å². The first kappa shape index (κ1) is 30.1. The Kier molecular flexibility index (Phi) is 11.1. The zero-order chi connectivity index (χ0) is 29.1. The predicted molar refractivity (Wildman–Crippen MR) is 151 cm³/mol. The highest BCUT2D eigenvalue weighted by Gasteiger charge is 2.18. The van der Waals surface area contributed by atoms with Gasteiger partial charge in [-0.25, -0.2) is 9.59 Å². The van der Waals surface area contributed by atoms with Crippen molar-refractivity contribution in [2.24, 2.45) is 0 Å². The summed E-state index contributed by atoms with van der Waals surface area (Å²) < 4.78 is 32.9. The van der Waals surface area contributed by atoms with Crippen molar-refractivity contribution in [1.82, 2.24) is 0 Å². The number of rotatable bonds is 14. The fourth-order valence-electron chi connectivity index (χ4n) is 3.66. The summed E-state index contributed by atoms with van der Waals surface area (Å²) in [6, 6.07) is 13.2. The van der Waals surface area contributed by atoms with Crippen LogP contribution in [0.3, 0.4) is 0 Å². The van der Waals surface area contributed by atoms with Crippen molar-refractivity contribution >= 4 is 11.9 Å². The van der Waals surface area contributed by atoms with Gasteiger partial charge in [0.1, 0.15) is 23.0 Å². The quantitative estimate of drug-likeness (QED) is 0.0751. The van der Waals surface area contributed by atoms with Crippen LogP contribution in [0.4, 0.5) is 0 Å². The maximum Gasteiger partial charge on any atom is 0.343 e. The summed E-state index contributed by atoms with van der Waals surface area (Å²) in [5.41, 5.74) is 3.63. The number of carbonyl (C=O) groups is 2. The summed E-state index contributed by atoms with van der Waals surface area (Å²) in [6.07, 6.45) is 3.27. The minimum absolute atomic E-state index is 0.0806. The molecule has 0 aliphatic carbocycles. The Hall–Kier alpha value is -4.40. The standard InChI is InChI=1S/C32H34O8/c1-7-15-35-19-37-27-11-9-25(17-21(27)3)31(33)39-29-13-14-30(24(6)23(29)5)40-32(34)26-10-12-28(22(4)18-26)38-20-36-16-8-2/h7-14,17-18H,1-2,15-16,19-20H2,3-6H3. The van der Waals surface area contributed by atoms with E-state index in [4.69, 9.17) is 28.4 Å². The van der Waals surface area contributed by atoms with E-state index >= 15 is 0 Å². The topological polar surface area (TPSA) is 89.5 Å². The average molecular weight is 547 g/mol. The van der Waals surface area contributed by atoms with Crippen LogP contribution in [-0.2, 0) is 9.47 Å². The zero-order valence-corrected chi connectivity index (χ0v) is 23.3. The van der Waals surface area contributed by atoms with Crippen LogP contribution >= 0.6 is 0 Å². The minimum Gasteiger partial charge on any atom is -0.467 e. The molecule has 210 valence electrons. The maximum absolute atomic E-state index is 12.8. The van der Waals surface area contributed by atoms with E-state index in [0.29, 0.717) is 58.5 Å². The van der Waals surface area contributed by atoms with E-state index in [1.54, 1.807) is 74.5 Å². The van der Waals surface area contributed by atoms with Gasteiger partial charge in [0.2, 0.25) is 0 Å². The molecule has 0 aliphatic rings. The van der Waals surface area contributed by atoms with E-state index < -0.39 is 11.9 Å². The predicted octanol–water partition coefficient (Wildman–Crippen LogP) is 6.44. The summed E-state index contributed by atoms with van der Waals surface area (Å²) in [5, 5.41) is 0. The molecule has 0 heterocycles. The van der Waals surface area contributed by atoms with E-state index in [2.05, 4.69) is 13.2 Å². The van der Waals surface area contributed by atoms with E-state index in [9.17, 15) is 9.59 Å². The molecule has 3 aromatic carbocycles. The van der Waals surface area contributed by atoms with E-state index in [-0.39, 0.29) is 13.6 Å². The van der Waals surface area contributed by atoms with Gasteiger partial charge in [0.05, 0.1) is 24.3 Å². The van der Waals surface area contributed by atoms with Crippen molar-refractivity contribution in [3.63, 3.8) is 0 Å². The van der Waals surface area contributed by atoms with E-state index in [0.717, 1.165) is 11.1 Å². The molecule has 3 aromatic rings. The van der Waals surface area contributed by atoms with Crippen LogP contribution in [0.5, 0.6) is 23.0 Å². The Bertz CT molecular complexity index is 1270. The monoisotopic (exact) mass is 546 g/mol. The third kappa shape index (κ3) is 8.05. The third-order valence-corrected chi connectivity index (χ3v) is 5.98. The molecular formula is C32H34O8. The maximum atomic E-state index is 12.8. The van der Waals surface area contributed by atoms with Gasteiger partial charge in [0.25, 0.3) is 0 Å². The van der Waals surface area contributed by atoms with Gasteiger partial charge < -0.3 is 28.4 Å². The third-order valence-electron chi connectivity index (χ3n) is 5.98. The Balaban J connectivity index is 1.64. The van der Waals surface area contributed by atoms with Gasteiger partial charge in [0, 0.05) is 0 Å². The molecule has 0 spiro atoms. The lowest BCUT2D eigenvalue weighted by molar-refractivity contribution is 0.0301. The molecule has 0 saturated heterocycles. The lowest BCUT2D eigenvalue weighted by Gasteiger charge is -2.15. The normalized spacial score (nSPS) is 10.5. The molecule has 0 amide bonds. The number of esters is 2. The first-order valence-electron chi connectivity index (χ1n) is 12.6. The van der Waals surface area contributed by atoms with Crippen LogP contribution in [0.25, 0.3) is 0 Å². The van der Waals surface area contributed by atoms with Crippen molar-refractivity contribution < 1.29 is 38.0 Å². The number of carbonyl (C=O) groups excluding carboxylic acids is 2. The molecule has 0 bridgehead atoms. The van der Waals surface area contributed by atoms with Crippen LogP contribution in [0.2, 0.25) is 0 Å². The molecule has 0 N–H and O–H groups in total. The van der Waals surface area contributed by atoms with Crippen LogP contribution < -0.4 is 18.9 Å². The van der Waals surface area contributed by atoms with Gasteiger partial charge in [-0.3, -0.25) is 0 Å². The number of hydrogen-bond acceptors (Lipinski definition) is 8. The molecule has 0 atom stereocenters. The molecule has 8 heteroatoms. The van der Waals surface area contributed by atoms with Crippen LogP contribution in [-0.4, -0.2) is 38.7 Å². The van der Waals surface area contributed by atoms with E-state index in [1.165, 1.54) is 0 Å². The highest BCUT2D eigenvalue weighted by atomic mass is 16.7. The van der Waals surface area contributed by atoms with Gasteiger partial charge in [-0.05, 0) is 98.5 Å². The molecule has 0 unspecified atom stereocenters. The number of ether oxygens (including phenoxy) is 6. The first-order valence-corrected chi connectivity index (χ1v) is 12.6. The first-order chi connectivity index (χ1) is 19.2. The number of hydrogen-bond donors (Lipinski definition) is 0. The number of aryl methyl sites for hydroxylation is 2. The van der Waals surface area contributed by atoms with Gasteiger partial charge in [0.15, 0.2) is 13.6 Å². The van der Waals surface area contributed by atoms with Crippen molar-refractivity contribution in [3.05, 3.63) is 107 Å². The van der Waals surface area contributed by atoms with Gasteiger partial charge in [-0.15, -0.1) is 13.2 Å². The molecule has 0 fully saturated rings.